The second-order valence-corrected chi connectivity index (χ2v) is 11.6. The molecular formula is C26H37FIN5O3. The van der Waals surface area contributed by atoms with Crippen molar-refractivity contribution in [3.63, 3.8) is 0 Å². The van der Waals surface area contributed by atoms with Crippen molar-refractivity contribution in [3.05, 3.63) is 35.4 Å². The van der Waals surface area contributed by atoms with Crippen molar-refractivity contribution in [3.8, 4) is 5.75 Å². The molecule has 0 aliphatic carbocycles. The predicted octanol–water partition coefficient (Wildman–Crippen LogP) is 4.66. The van der Waals surface area contributed by atoms with Gasteiger partial charge in [-0.2, -0.15) is 4.98 Å². The second kappa shape index (κ2) is 12.5. The number of rotatable bonds is 10. The van der Waals surface area contributed by atoms with Crippen LogP contribution in [0.5, 0.6) is 5.75 Å². The fraction of sp³-hybridized carbons (Fsp3) is 0.654. The summed E-state index contributed by atoms with van der Waals surface area (Å²) < 4.78 is 26.1. The van der Waals surface area contributed by atoms with E-state index in [2.05, 4.69) is 51.5 Å². The molecule has 2 saturated heterocycles. The van der Waals surface area contributed by atoms with Gasteiger partial charge in [-0.25, -0.2) is 4.39 Å². The van der Waals surface area contributed by atoms with Gasteiger partial charge in [-0.05, 0) is 62.5 Å². The largest absolute Gasteiger partial charge is 0.493 e. The maximum Gasteiger partial charge on any atom is 0.324 e. The molecule has 4 rings (SSSR count). The maximum absolute atomic E-state index is 14.7. The molecular weight excluding hydrogens is 576 g/mol. The van der Waals surface area contributed by atoms with Crippen LogP contribution in [-0.4, -0.2) is 57.3 Å². The van der Waals surface area contributed by atoms with Crippen LogP contribution < -0.4 is 15.4 Å². The van der Waals surface area contributed by atoms with Crippen LogP contribution in [0.2, 0.25) is 0 Å². The van der Waals surface area contributed by atoms with Gasteiger partial charge in [0.2, 0.25) is 5.91 Å². The number of alkyl halides is 1. The summed E-state index contributed by atoms with van der Waals surface area (Å²) in [6, 6.07) is 4.74. The van der Waals surface area contributed by atoms with E-state index in [1.165, 1.54) is 6.07 Å². The first-order chi connectivity index (χ1) is 17.3. The van der Waals surface area contributed by atoms with E-state index in [0.29, 0.717) is 29.9 Å². The fourth-order valence-electron chi connectivity index (χ4n) is 4.86. The highest BCUT2D eigenvalue weighted by Gasteiger charge is 2.30. The van der Waals surface area contributed by atoms with Crippen LogP contribution in [0, 0.1) is 11.7 Å². The number of ether oxygens (including phenoxy) is 1. The summed E-state index contributed by atoms with van der Waals surface area (Å²) in [6.45, 7) is 7.22. The molecule has 1 aromatic heterocycles. The second-order valence-electron chi connectivity index (χ2n) is 10.2. The molecule has 1 aromatic carbocycles. The van der Waals surface area contributed by atoms with Gasteiger partial charge in [-0.15, -0.1) is 0 Å². The zero-order valence-electron chi connectivity index (χ0n) is 21.2. The van der Waals surface area contributed by atoms with E-state index in [-0.39, 0.29) is 28.1 Å². The topological polar surface area (TPSA) is 97.7 Å². The van der Waals surface area contributed by atoms with E-state index in [1.807, 2.05) is 0 Å². The van der Waals surface area contributed by atoms with Crippen LogP contribution in [0.15, 0.2) is 22.7 Å². The van der Waals surface area contributed by atoms with Gasteiger partial charge in [0, 0.05) is 31.6 Å². The van der Waals surface area contributed by atoms with Crippen LogP contribution in [0.1, 0.15) is 69.7 Å². The molecule has 10 heteroatoms. The van der Waals surface area contributed by atoms with E-state index in [0.717, 1.165) is 64.0 Å². The van der Waals surface area contributed by atoms with Crippen molar-refractivity contribution in [2.75, 3.05) is 31.1 Å². The number of halogens is 2. The summed E-state index contributed by atoms with van der Waals surface area (Å²) in [7, 11) is 0. The molecule has 2 atom stereocenters. The smallest absolute Gasteiger partial charge is 0.324 e. The van der Waals surface area contributed by atoms with Gasteiger partial charge in [0.25, 0.3) is 0 Å². The fourth-order valence-corrected chi connectivity index (χ4v) is 5.85. The molecule has 2 N–H and O–H groups in total. The van der Waals surface area contributed by atoms with Gasteiger partial charge in [0.15, 0.2) is 5.82 Å². The Hall–Kier alpha value is -1.95. The average molecular weight is 614 g/mol. The average Bonchev–Trinajstić information content (AvgIpc) is 3.53. The molecule has 2 aliphatic rings. The first kappa shape index (κ1) is 27.1. The Morgan fingerprint density at radius 1 is 1.28 bits per heavy atom. The number of amides is 1. The number of nitrogens with zero attached hydrogens (tertiary/aromatic N) is 4. The van der Waals surface area contributed by atoms with Crippen molar-refractivity contribution < 1.29 is 18.4 Å². The van der Waals surface area contributed by atoms with Gasteiger partial charge in [-0.1, -0.05) is 47.7 Å². The molecule has 0 radical (unpaired) electrons. The van der Waals surface area contributed by atoms with Gasteiger partial charge in [0.1, 0.15) is 11.6 Å². The van der Waals surface area contributed by atoms with Crippen LogP contribution in [0.25, 0.3) is 0 Å². The van der Waals surface area contributed by atoms with E-state index in [1.54, 1.807) is 17.0 Å². The molecule has 0 spiro atoms. The quantitative estimate of drug-likeness (QED) is 0.180. The molecule has 8 nitrogen and oxygen atoms in total. The predicted molar refractivity (Wildman–Crippen MR) is 145 cm³/mol. The highest BCUT2D eigenvalue weighted by Crippen LogP contribution is 2.27. The molecule has 2 aliphatic heterocycles. The van der Waals surface area contributed by atoms with E-state index in [4.69, 9.17) is 15.0 Å². The van der Waals surface area contributed by atoms with E-state index in [9.17, 15) is 9.18 Å². The number of carbonyl (C=O) groups excluding carboxylic acids is 1. The third-order valence-electron chi connectivity index (χ3n) is 7.10. The summed E-state index contributed by atoms with van der Waals surface area (Å²) in [4.78, 5) is 21.1. The Balaban J connectivity index is 1.16. The number of nitrogens with two attached hydrogens (primary N) is 1. The molecule has 1 amide bonds. The van der Waals surface area contributed by atoms with Gasteiger partial charge in [-0.3, -0.25) is 4.79 Å². The zero-order valence-corrected chi connectivity index (χ0v) is 23.3. The summed E-state index contributed by atoms with van der Waals surface area (Å²) in [5, 5.41) is 4.06. The van der Waals surface area contributed by atoms with Gasteiger partial charge >= 0.3 is 6.01 Å². The van der Waals surface area contributed by atoms with Gasteiger partial charge < -0.3 is 24.8 Å². The van der Waals surface area contributed by atoms with Crippen molar-refractivity contribution in [1.82, 2.24) is 15.0 Å². The Morgan fingerprint density at radius 3 is 2.69 bits per heavy atom. The number of hydrogen-bond donors (Lipinski definition) is 1. The van der Waals surface area contributed by atoms with Crippen molar-refractivity contribution in [2.24, 2.45) is 11.7 Å². The molecule has 0 bridgehead atoms. The maximum atomic E-state index is 14.7. The number of hydrogen-bond acceptors (Lipinski definition) is 7. The number of benzene rings is 1. The van der Waals surface area contributed by atoms with Crippen molar-refractivity contribution in [1.29, 1.82) is 0 Å². The van der Waals surface area contributed by atoms with E-state index >= 15 is 0 Å². The lowest BCUT2D eigenvalue weighted by Gasteiger charge is -2.30. The number of likely N-dealkylation sites (tertiary alicyclic amines) is 1. The minimum Gasteiger partial charge on any atom is -0.493 e. The van der Waals surface area contributed by atoms with Crippen LogP contribution in [0.4, 0.5) is 10.4 Å². The minimum absolute atomic E-state index is 0.102. The first-order valence-electron chi connectivity index (χ1n) is 13.0. The number of aromatic nitrogens is 2. The molecule has 198 valence electrons. The normalized spacial score (nSPS) is 19.8. The summed E-state index contributed by atoms with van der Waals surface area (Å²) in [5.74, 6) is 1.67. The first-order valence-corrected chi connectivity index (χ1v) is 14.3. The van der Waals surface area contributed by atoms with Crippen molar-refractivity contribution >= 4 is 34.5 Å². The molecule has 0 saturated carbocycles. The van der Waals surface area contributed by atoms with Gasteiger partial charge in [0.05, 0.1) is 16.7 Å². The highest BCUT2D eigenvalue weighted by molar-refractivity contribution is 14.1. The summed E-state index contributed by atoms with van der Waals surface area (Å²) >= 11 is 2.27. The van der Waals surface area contributed by atoms with Crippen LogP contribution >= 0.6 is 22.6 Å². The Kier molecular flexibility index (Phi) is 9.43. The number of piperidine rings is 1. The lowest BCUT2D eigenvalue weighted by molar-refractivity contribution is -0.131. The standard InChI is InChI=1S/C26H37FIN5O3/c1-17(2)24-30-26(36-31-24)32-12-9-18(10-13-32)5-4-14-35-20-8-7-19(21(27)16-20)15-22(29)25(34)33-11-3-6-23(33)28/h7-8,16-18,22-23H,3-6,9-15,29H2,1-2H3/t22-,23-/m0/s1. The monoisotopic (exact) mass is 613 g/mol. The molecule has 3 heterocycles. The Labute approximate surface area is 226 Å². The zero-order chi connectivity index (χ0) is 25.7. The van der Waals surface area contributed by atoms with E-state index < -0.39 is 6.04 Å². The Bertz CT molecular complexity index is 1010. The van der Waals surface area contributed by atoms with Crippen LogP contribution in [0.3, 0.4) is 0 Å². The van der Waals surface area contributed by atoms with Crippen molar-refractivity contribution in [2.45, 2.75) is 74.8 Å². The number of anilines is 1. The minimum atomic E-state index is -0.731. The molecule has 2 fully saturated rings. The molecule has 0 unspecified atom stereocenters. The lowest BCUT2D eigenvalue weighted by atomic mass is 9.92. The lowest BCUT2D eigenvalue weighted by Crippen LogP contribution is -2.45. The third kappa shape index (κ3) is 6.87. The SMILES string of the molecule is CC(C)c1noc(N2CCC(CCCOc3ccc(C[C@H](N)C(=O)N4CCC[C@H]4I)c(F)c3)CC2)n1. The molecule has 36 heavy (non-hydrogen) atoms. The third-order valence-corrected chi connectivity index (χ3v) is 8.40. The molecule has 2 aromatic rings. The summed E-state index contributed by atoms with van der Waals surface area (Å²) in [6.07, 6.45) is 6.31. The Morgan fingerprint density at radius 2 is 2.06 bits per heavy atom. The van der Waals surface area contributed by atoms with Crippen LogP contribution in [-0.2, 0) is 11.2 Å². The number of carbonyl (C=O) groups is 1. The highest BCUT2D eigenvalue weighted by atomic mass is 127. The summed E-state index contributed by atoms with van der Waals surface area (Å²) in [5.41, 5.74) is 6.56.